The number of nitrogens with zero attached hydrogens (tertiary/aromatic N) is 2. The van der Waals surface area contributed by atoms with Gasteiger partial charge in [-0.15, -0.1) is 12.8 Å². The Kier molecular flexibility index (Phi) is 8.59. The Morgan fingerprint density at radius 2 is 1.49 bits per heavy atom. The molecular weight excluding hydrogens is 512 g/mol. The van der Waals surface area contributed by atoms with E-state index >= 15 is 0 Å². The molecule has 1 saturated heterocycles. The molecule has 2 amide bonds. The van der Waals surface area contributed by atoms with E-state index in [9.17, 15) is 18.6 Å². The number of aromatic amines is 1. The average molecular weight is 541 g/mol. The van der Waals surface area contributed by atoms with E-state index < -0.39 is 22.7 Å². The normalized spacial score (nSPS) is 13.7. The summed E-state index contributed by atoms with van der Waals surface area (Å²) in [6.45, 7) is 3.25. The molecule has 39 heavy (non-hydrogen) atoms. The van der Waals surface area contributed by atoms with E-state index in [1.54, 1.807) is 47.4 Å². The number of H-pyrrole nitrogens is 1. The predicted octanol–water partition coefficient (Wildman–Crippen LogP) is 4.03. The van der Waals surface area contributed by atoms with Crippen LogP contribution in [0.3, 0.4) is 0 Å². The van der Waals surface area contributed by atoms with E-state index in [1.807, 2.05) is 37.3 Å². The van der Waals surface area contributed by atoms with E-state index in [-0.39, 0.29) is 24.6 Å². The maximum absolute atomic E-state index is 13.2. The standard InChI is InChI=1S/C28H26N4O4S.C2H2/c1-19-10-12-21(13-11-19)37(36)30-24-9-5-8-22-23(18-29-25(22)24)26(33)28(35)32-16-14-31(15-17-32)27(34)20-6-3-2-4-7-20;1-2/h2-13,18,29-30H,14-17H2,1H3;1-2H. The van der Waals surface area contributed by atoms with Crippen molar-refractivity contribution in [3.8, 4) is 12.8 Å². The molecule has 0 aliphatic carbocycles. The topological polar surface area (TPSA) is 103 Å². The van der Waals surface area contributed by atoms with Crippen LogP contribution in [0.1, 0.15) is 26.3 Å². The minimum atomic E-state index is -1.50. The fraction of sp³-hybridized carbons (Fsp3) is 0.167. The lowest BCUT2D eigenvalue weighted by Crippen LogP contribution is -2.52. The number of terminal acetylenes is 1. The van der Waals surface area contributed by atoms with Gasteiger partial charge < -0.3 is 14.8 Å². The van der Waals surface area contributed by atoms with Gasteiger partial charge in [0, 0.05) is 43.3 Å². The van der Waals surface area contributed by atoms with Crippen molar-refractivity contribution in [2.75, 3.05) is 30.9 Å². The molecule has 1 aliphatic rings. The molecule has 1 atom stereocenters. The number of hydrogen-bond donors (Lipinski definition) is 2. The van der Waals surface area contributed by atoms with Crippen LogP contribution in [0.5, 0.6) is 0 Å². The number of para-hydroxylation sites is 1. The first-order valence-electron chi connectivity index (χ1n) is 12.3. The third-order valence-electron chi connectivity index (χ3n) is 6.47. The smallest absolute Gasteiger partial charge is 0.295 e. The summed E-state index contributed by atoms with van der Waals surface area (Å²) in [5.41, 5.74) is 3.09. The Balaban J connectivity index is 0.00000172. The van der Waals surface area contributed by atoms with E-state index in [0.717, 1.165) is 5.56 Å². The number of rotatable bonds is 6. The van der Waals surface area contributed by atoms with Gasteiger partial charge in [-0.3, -0.25) is 19.1 Å². The molecule has 5 rings (SSSR count). The van der Waals surface area contributed by atoms with Gasteiger partial charge in [0.25, 0.3) is 17.6 Å². The highest BCUT2D eigenvalue weighted by molar-refractivity contribution is 7.86. The van der Waals surface area contributed by atoms with Crippen LogP contribution in [0.4, 0.5) is 5.69 Å². The molecule has 3 aromatic carbocycles. The summed E-state index contributed by atoms with van der Waals surface area (Å²) in [6, 6.07) is 21.7. The second-order valence-corrected chi connectivity index (χ2v) is 10.1. The first-order chi connectivity index (χ1) is 18.9. The second-order valence-electron chi connectivity index (χ2n) is 8.89. The monoisotopic (exact) mass is 540 g/mol. The molecule has 0 bridgehead atoms. The van der Waals surface area contributed by atoms with Crippen LogP contribution < -0.4 is 4.72 Å². The molecule has 1 fully saturated rings. The van der Waals surface area contributed by atoms with Crippen LogP contribution in [0.2, 0.25) is 0 Å². The maximum atomic E-state index is 13.2. The van der Waals surface area contributed by atoms with Crippen LogP contribution in [0.25, 0.3) is 10.9 Å². The van der Waals surface area contributed by atoms with Crippen LogP contribution >= 0.6 is 0 Å². The van der Waals surface area contributed by atoms with Crippen LogP contribution in [0, 0.1) is 19.8 Å². The Labute approximate surface area is 229 Å². The summed E-state index contributed by atoms with van der Waals surface area (Å²) in [5, 5.41) is 0.571. The van der Waals surface area contributed by atoms with Crippen molar-refractivity contribution in [2.45, 2.75) is 11.8 Å². The molecule has 1 aromatic heterocycles. The van der Waals surface area contributed by atoms with Crippen molar-refractivity contribution < 1.29 is 18.6 Å². The number of nitrogens with one attached hydrogen (secondary N) is 2. The van der Waals surface area contributed by atoms with Gasteiger partial charge in [0.05, 0.1) is 21.7 Å². The van der Waals surface area contributed by atoms with Gasteiger partial charge in [0.1, 0.15) is 11.0 Å². The number of Topliss-reactive ketones (excluding diaryl/α,β-unsaturated/α-hetero) is 1. The van der Waals surface area contributed by atoms with E-state index in [1.165, 1.54) is 11.1 Å². The number of aryl methyl sites for hydroxylation is 1. The number of ketones is 1. The highest BCUT2D eigenvalue weighted by Crippen LogP contribution is 2.27. The number of piperazine rings is 1. The minimum Gasteiger partial charge on any atom is -0.359 e. The fourth-order valence-electron chi connectivity index (χ4n) is 4.38. The molecule has 0 saturated carbocycles. The molecule has 4 aromatic rings. The van der Waals surface area contributed by atoms with E-state index in [0.29, 0.717) is 40.1 Å². The molecule has 198 valence electrons. The van der Waals surface area contributed by atoms with Crippen molar-refractivity contribution in [1.82, 2.24) is 14.8 Å². The lowest BCUT2D eigenvalue weighted by molar-refractivity contribution is -0.127. The zero-order valence-corrected chi connectivity index (χ0v) is 22.2. The number of carbonyl (C=O) groups excluding carboxylic acids is 3. The largest absolute Gasteiger partial charge is 0.359 e. The molecule has 1 unspecified atom stereocenters. The SMILES string of the molecule is C#C.Cc1ccc(S(=O)Nc2cccc3c(C(=O)C(=O)N4CCN(C(=O)c5ccccc5)CC4)c[nH]c23)cc1. The van der Waals surface area contributed by atoms with E-state index in [4.69, 9.17) is 0 Å². The molecule has 2 N–H and O–H groups in total. The molecule has 1 aliphatic heterocycles. The molecular formula is C30H28N4O4S. The number of carbonyl (C=O) groups is 3. The lowest BCUT2D eigenvalue weighted by Gasteiger charge is -2.34. The highest BCUT2D eigenvalue weighted by atomic mass is 32.2. The first kappa shape index (κ1) is 27.4. The Morgan fingerprint density at radius 1 is 0.846 bits per heavy atom. The summed E-state index contributed by atoms with van der Waals surface area (Å²) in [5.74, 6) is -1.31. The van der Waals surface area contributed by atoms with Crippen LogP contribution in [-0.2, 0) is 15.8 Å². The quantitative estimate of drug-likeness (QED) is 0.219. The molecule has 0 radical (unpaired) electrons. The molecule has 0 spiro atoms. The second kappa shape index (κ2) is 12.2. The van der Waals surface area contributed by atoms with Crippen molar-refractivity contribution in [3.63, 3.8) is 0 Å². The molecule has 2 heterocycles. The number of hydrogen-bond acceptors (Lipinski definition) is 4. The number of benzene rings is 3. The first-order valence-corrected chi connectivity index (χ1v) is 13.4. The summed E-state index contributed by atoms with van der Waals surface area (Å²) < 4.78 is 15.8. The Hall–Kier alpha value is -4.68. The summed E-state index contributed by atoms with van der Waals surface area (Å²) in [7, 11) is -1.50. The third-order valence-corrected chi connectivity index (χ3v) is 7.57. The number of aromatic nitrogens is 1. The van der Waals surface area contributed by atoms with Gasteiger partial charge in [0.15, 0.2) is 0 Å². The van der Waals surface area contributed by atoms with Gasteiger partial charge in [-0.05, 0) is 37.3 Å². The average Bonchev–Trinajstić information content (AvgIpc) is 3.43. The molecule has 9 heteroatoms. The molecule has 8 nitrogen and oxygen atoms in total. The van der Waals surface area contributed by atoms with Crippen molar-refractivity contribution in [1.29, 1.82) is 0 Å². The van der Waals surface area contributed by atoms with Crippen LogP contribution in [-0.4, -0.2) is 62.8 Å². The Bertz CT molecular complexity index is 1540. The predicted molar refractivity (Wildman–Crippen MR) is 153 cm³/mol. The minimum absolute atomic E-state index is 0.0845. The Morgan fingerprint density at radius 3 is 2.15 bits per heavy atom. The van der Waals surface area contributed by atoms with E-state index in [2.05, 4.69) is 22.6 Å². The summed E-state index contributed by atoms with van der Waals surface area (Å²) in [6.07, 6.45) is 9.51. The van der Waals surface area contributed by atoms with Crippen molar-refractivity contribution in [3.05, 3.63) is 95.7 Å². The van der Waals surface area contributed by atoms with Crippen molar-refractivity contribution in [2.24, 2.45) is 0 Å². The maximum Gasteiger partial charge on any atom is 0.295 e. The summed E-state index contributed by atoms with van der Waals surface area (Å²) >= 11 is 0. The zero-order chi connectivity index (χ0) is 27.9. The third kappa shape index (κ3) is 5.92. The van der Waals surface area contributed by atoms with Crippen molar-refractivity contribution >= 4 is 45.2 Å². The number of amides is 2. The van der Waals surface area contributed by atoms with Crippen LogP contribution in [0.15, 0.2) is 83.9 Å². The summed E-state index contributed by atoms with van der Waals surface area (Å²) in [4.78, 5) is 45.8. The zero-order valence-electron chi connectivity index (χ0n) is 21.4. The fourth-order valence-corrected chi connectivity index (χ4v) is 5.25. The van der Waals surface area contributed by atoms with Gasteiger partial charge in [0.2, 0.25) is 0 Å². The lowest BCUT2D eigenvalue weighted by atomic mass is 10.1. The number of anilines is 1. The van der Waals surface area contributed by atoms with Gasteiger partial charge in [-0.25, -0.2) is 4.21 Å². The van der Waals surface area contributed by atoms with Gasteiger partial charge in [-0.2, -0.15) is 0 Å². The van der Waals surface area contributed by atoms with Gasteiger partial charge in [-0.1, -0.05) is 48.0 Å². The number of fused-ring (bicyclic) bond motifs is 1. The van der Waals surface area contributed by atoms with Gasteiger partial charge >= 0.3 is 0 Å². The highest BCUT2D eigenvalue weighted by Gasteiger charge is 2.30.